The van der Waals surface area contributed by atoms with Gasteiger partial charge >= 0.3 is 0 Å². The Balaban J connectivity index is 1.52. The molecule has 0 radical (unpaired) electrons. The summed E-state index contributed by atoms with van der Waals surface area (Å²) in [7, 11) is 0. The second-order valence-electron chi connectivity index (χ2n) is 6.89. The number of amides is 1. The van der Waals surface area contributed by atoms with Gasteiger partial charge in [-0.15, -0.1) is 0 Å². The number of nitrogens with zero attached hydrogens (tertiary/aromatic N) is 1. The molecule has 0 aromatic heterocycles. The van der Waals surface area contributed by atoms with Crippen molar-refractivity contribution in [1.82, 2.24) is 10.2 Å². The third-order valence-electron chi connectivity index (χ3n) is 4.48. The van der Waals surface area contributed by atoms with Gasteiger partial charge in [0.15, 0.2) is 0 Å². The first kappa shape index (κ1) is 18.5. The molecule has 1 aliphatic rings. The van der Waals surface area contributed by atoms with Crippen molar-refractivity contribution >= 4 is 5.91 Å². The summed E-state index contributed by atoms with van der Waals surface area (Å²) in [5.41, 5.74) is 2.84. The summed E-state index contributed by atoms with van der Waals surface area (Å²) in [5, 5.41) is 3.33. The summed E-state index contributed by atoms with van der Waals surface area (Å²) in [6.07, 6.45) is 0.135. The zero-order valence-corrected chi connectivity index (χ0v) is 15.2. The standard InChI is InChI=1S/C21H25FN2O2/c1-15-13-24(14-16(2)26-15)21(25)19-7-3-17(4-8-19)11-23-12-18-5-9-20(22)10-6-18/h3-10,15-16,23H,11-14H2,1-2H3/t15-,16+. The molecule has 5 heteroatoms. The zero-order chi connectivity index (χ0) is 18.5. The van der Waals surface area contributed by atoms with Crippen LogP contribution >= 0.6 is 0 Å². The number of halogens is 1. The van der Waals surface area contributed by atoms with Crippen molar-refractivity contribution in [3.05, 3.63) is 71.0 Å². The molecular weight excluding hydrogens is 331 g/mol. The molecule has 1 aliphatic heterocycles. The minimum absolute atomic E-state index is 0.0535. The zero-order valence-electron chi connectivity index (χ0n) is 15.2. The van der Waals surface area contributed by atoms with Crippen molar-refractivity contribution in [2.45, 2.75) is 39.1 Å². The molecule has 0 bridgehead atoms. The van der Waals surface area contributed by atoms with E-state index in [2.05, 4.69) is 5.32 Å². The summed E-state index contributed by atoms with van der Waals surface area (Å²) < 4.78 is 18.6. The highest BCUT2D eigenvalue weighted by Gasteiger charge is 2.26. The molecule has 1 fully saturated rings. The van der Waals surface area contributed by atoms with Crippen molar-refractivity contribution in [3.8, 4) is 0 Å². The van der Waals surface area contributed by atoms with E-state index in [1.165, 1.54) is 12.1 Å². The van der Waals surface area contributed by atoms with Crippen LogP contribution in [0.3, 0.4) is 0 Å². The van der Waals surface area contributed by atoms with Crippen molar-refractivity contribution in [2.24, 2.45) is 0 Å². The van der Waals surface area contributed by atoms with Crippen LogP contribution in [0.25, 0.3) is 0 Å². The molecule has 2 aromatic carbocycles. The Bertz CT molecular complexity index is 721. The Kier molecular flexibility index (Phi) is 6.01. The summed E-state index contributed by atoms with van der Waals surface area (Å²) >= 11 is 0. The largest absolute Gasteiger partial charge is 0.372 e. The number of carbonyl (C=O) groups is 1. The third-order valence-corrected chi connectivity index (χ3v) is 4.48. The van der Waals surface area contributed by atoms with Crippen LogP contribution in [0.4, 0.5) is 4.39 Å². The van der Waals surface area contributed by atoms with Crippen molar-refractivity contribution in [2.75, 3.05) is 13.1 Å². The molecule has 3 rings (SSSR count). The maximum atomic E-state index is 12.9. The number of benzene rings is 2. The van der Waals surface area contributed by atoms with Gasteiger partial charge in [0.25, 0.3) is 5.91 Å². The first-order valence-electron chi connectivity index (χ1n) is 9.00. The predicted octanol–water partition coefficient (Wildman–Crippen LogP) is 3.36. The normalized spacial score (nSPS) is 20.2. The lowest BCUT2D eigenvalue weighted by atomic mass is 10.1. The van der Waals surface area contributed by atoms with E-state index >= 15 is 0 Å². The maximum absolute atomic E-state index is 12.9. The molecule has 4 nitrogen and oxygen atoms in total. The fourth-order valence-electron chi connectivity index (χ4n) is 3.24. The van der Waals surface area contributed by atoms with Gasteiger partial charge in [0.1, 0.15) is 5.82 Å². The Morgan fingerprint density at radius 1 is 1.00 bits per heavy atom. The predicted molar refractivity (Wildman–Crippen MR) is 99.3 cm³/mol. The molecule has 26 heavy (non-hydrogen) atoms. The summed E-state index contributed by atoms with van der Waals surface area (Å²) in [5.74, 6) is -0.170. The van der Waals surface area contributed by atoms with Gasteiger partial charge in [0.05, 0.1) is 12.2 Å². The Hall–Kier alpha value is -2.24. The molecule has 1 N–H and O–H groups in total. The van der Waals surface area contributed by atoms with Crippen LogP contribution < -0.4 is 5.32 Å². The highest BCUT2D eigenvalue weighted by molar-refractivity contribution is 5.94. The molecule has 1 amide bonds. The van der Waals surface area contributed by atoms with Crippen molar-refractivity contribution < 1.29 is 13.9 Å². The highest BCUT2D eigenvalue weighted by atomic mass is 19.1. The number of hydrogen-bond donors (Lipinski definition) is 1. The number of hydrogen-bond acceptors (Lipinski definition) is 3. The van der Waals surface area contributed by atoms with Crippen LogP contribution in [0, 0.1) is 5.82 Å². The summed E-state index contributed by atoms with van der Waals surface area (Å²) in [6, 6.07) is 14.2. The van der Waals surface area contributed by atoms with E-state index in [0.717, 1.165) is 11.1 Å². The second kappa shape index (κ2) is 8.43. The van der Waals surface area contributed by atoms with Gasteiger partial charge in [-0.05, 0) is 49.2 Å². The quantitative estimate of drug-likeness (QED) is 0.893. The average molecular weight is 356 g/mol. The fraction of sp³-hybridized carbons (Fsp3) is 0.381. The lowest BCUT2D eigenvalue weighted by Crippen LogP contribution is -2.48. The summed E-state index contributed by atoms with van der Waals surface area (Å²) in [4.78, 5) is 14.5. The minimum Gasteiger partial charge on any atom is -0.372 e. The van der Waals surface area contributed by atoms with Gasteiger partial charge in [-0.2, -0.15) is 0 Å². The van der Waals surface area contributed by atoms with Crippen LogP contribution in [-0.4, -0.2) is 36.1 Å². The van der Waals surface area contributed by atoms with Crippen LogP contribution in [0.5, 0.6) is 0 Å². The second-order valence-corrected chi connectivity index (χ2v) is 6.89. The van der Waals surface area contributed by atoms with E-state index < -0.39 is 0 Å². The Labute approximate surface area is 154 Å². The van der Waals surface area contributed by atoms with Crippen molar-refractivity contribution in [1.29, 1.82) is 0 Å². The van der Waals surface area contributed by atoms with Gasteiger partial charge in [-0.25, -0.2) is 4.39 Å². The van der Waals surface area contributed by atoms with E-state index in [-0.39, 0.29) is 23.9 Å². The molecule has 2 aromatic rings. The lowest BCUT2D eigenvalue weighted by Gasteiger charge is -2.35. The SMILES string of the molecule is C[C@@H]1CN(C(=O)c2ccc(CNCc3ccc(F)cc3)cc2)C[C@H](C)O1. The average Bonchev–Trinajstić information content (AvgIpc) is 2.62. The van der Waals surface area contributed by atoms with Crippen LogP contribution in [0.1, 0.15) is 35.3 Å². The molecule has 0 saturated carbocycles. The highest BCUT2D eigenvalue weighted by Crippen LogP contribution is 2.15. The van der Waals surface area contributed by atoms with Gasteiger partial charge in [-0.3, -0.25) is 4.79 Å². The maximum Gasteiger partial charge on any atom is 0.254 e. The molecule has 138 valence electrons. The molecule has 2 atom stereocenters. The number of nitrogens with one attached hydrogen (secondary N) is 1. The number of rotatable bonds is 5. The molecule has 1 heterocycles. The van der Waals surface area contributed by atoms with E-state index in [1.54, 1.807) is 12.1 Å². The van der Waals surface area contributed by atoms with Gasteiger partial charge in [0, 0.05) is 31.7 Å². The Morgan fingerprint density at radius 3 is 2.04 bits per heavy atom. The Morgan fingerprint density at radius 2 is 1.50 bits per heavy atom. The first-order chi connectivity index (χ1) is 12.5. The van der Waals surface area contributed by atoms with Gasteiger partial charge in [0.2, 0.25) is 0 Å². The topological polar surface area (TPSA) is 41.6 Å². The van der Waals surface area contributed by atoms with Gasteiger partial charge < -0.3 is 15.0 Å². The monoisotopic (exact) mass is 356 g/mol. The van der Waals surface area contributed by atoms with E-state index in [0.29, 0.717) is 31.7 Å². The molecular formula is C21H25FN2O2. The van der Waals surface area contributed by atoms with Crippen molar-refractivity contribution in [3.63, 3.8) is 0 Å². The number of carbonyl (C=O) groups excluding carboxylic acids is 1. The van der Waals surface area contributed by atoms with Crippen LogP contribution in [-0.2, 0) is 17.8 Å². The third kappa shape index (κ3) is 4.90. The smallest absolute Gasteiger partial charge is 0.254 e. The van der Waals surface area contributed by atoms with E-state index in [1.807, 2.05) is 43.0 Å². The van der Waals surface area contributed by atoms with Crippen LogP contribution in [0.2, 0.25) is 0 Å². The molecule has 1 saturated heterocycles. The van der Waals surface area contributed by atoms with E-state index in [9.17, 15) is 9.18 Å². The number of morpholine rings is 1. The minimum atomic E-state index is -0.224. The lowest BCUT2D eigenvalue weighted by molar-refractivity contribution is -0.0586. The molecule has 0 aliphatic carbocycles. The van der Waals surface area contributed by atoms with Crippen LogP contribution in [0.15, 0.2) is 48.5 Å². The summed E-state index contributed by atoms with van der Waals surface area (Å²) in [6.45, 7) is 6.61. The number of ether oxygens (including phenoxy) is 1. The fourth-order valence-corrected chi connectivity index (χ4v) is 3.24. The first-order valence-corrected chi connectivity index (χ1v) is 9.00. The van der Waals surface area contributed by atoms with Gasteiger partial charge in [-0.1, -0.05) is 24.3 Å². The molecule has 0 spiro atoms. The van der Waals surface area contributed by atoms with E-state index in [4.69, 9.17) is 4.74 Å². The molecule has 0 unspecified atom stereocenters.